The van der Waals surface area contributed by atoms with Crippen molar-refractivity contribution in [2.45, 2.75) is 19.8 Å². The van der Waals surface area contributed by atoms with Crippen LogP contribution in [0.15, 0.2) is 140 Å². The number of hydrogen-bond acceptors (Lipinski definition) is 3. The predicted molar refractivity (Wildman–Crippen MR) is 188 cm³/mol. The van der Waals surface area contributed by atoms with Crippen molar-refractivity contribution >= 4 is 49.1 Å². The fraction of sp³-hybridized carbons (Fsp3) is 0.0732. The number of nitrogens with zero attached hydrogens (tertiary/aromatic N) is 4. The van der Waals surface area contributed by atoms with E-state index in [1.807, 2.05) is 36.7 Å². The van der Waals surface area contributed by atoms with Crippen molar-refractivity contribution < 1.29 is 4.74 Å². The molecule has 0 aliphatic rings. The first-order valence-corrected chi connectivity index (χ1v) is 15.7. The van der Waals surface area contributed by atoms with Crippen LogP contribution in [0.1, 0.15) is 25.3 Å². The standard InChI is InChI=1S/C41H30N4O/c1-26(2)29-11-3-4-12-31(29)39-25-43-41-35-23-27(18-20-30(35)32-13-5-8-16-37(32)45(39)41)46-28-19-21-34-33-14-6-7-15-36(33)44(38(34)24-28)40-17-9-10-22-42-40/h3-26H,1-2H3. The quantitative estimate of drug-likeness (QED) is 0.186. The van der Waals surface area contributed by atoms with Crippen molar-refractivity contribution in [3.63, 3.8) is 0 Å². The van der Waals surface area contributed by atoms with Crippen molar-refractivity contribution in [3.8, 4) is 28.6 Å². The minimum atomic E-state index is 0.391. The van der Waals surface area contributed by atoms with E-state index in [9.17, 15) is 0 Å². The number of ether oxygens (including phenoxy) is 1. The summed E-state index contributed by atoms with van der Waals surface area (Å²) < 4.78 is 11.1. The summed E-state index contributed by atoms with van der Waals surface area (Å²) in [6.45, 7) is 4.48. The Morgan fingerprint density at radius 1 is 0.565 bits per heavy atom. The minimum absolute atomic E-state index is 0.391. The zero-order valence-electron chi connectivity index (χ0n) is 25.6. The fourth-order valence-corrected chi connectivity index (χ4v) is 7.00. The van der Waals surface area contributed by atoms with E-state index in [0.29, 0.717) is 5.92 Å². The van der Waals surface area contributed by atoms with Crippen LogP contribution >= 0.6 is 0 Å². The van der Waals surface area contributed by atoms with Crippen LogP contribution in [0, 0.1) is 0 Å². The van der Waals surface area contributed by atoms with Gasteiger partial charge in [0.2, 0.25) is 0 Å². The average Bonchev–Trinajstić information content (AvgIpc) is 3.69. The third kappa shape index (κ3) is 4.02. The highest BCUT2D eigenvalue weighted by Gasteiger charge is 2.18. The zero-order valence-corrected chi connectivity index (χ0v) is 25.6. The van der Waals surface area contributed by atoms with Gasteiger partial charge in [-0.05, 0) is 71.5 Å². The predicted octanol–water partition coefficient (Wildman–Crippen LogP) is 10.7. The summed E-state index contributed by atoms with van der Waals surface area (Å²) in [7, 11) is 0. The summed E-state index contributed by atoms with van der Waals surface area (Å²) in [5.74, 6) is 2.79. The molecule has 0 bridgehead atoms. The number of para-hydroxylation sites is 2. The maximum absolute atomic E-state index is 6.61. The molecular weight excluding hydrogens is 564 g/mol. The molecule has 0 aliphatic heterocycles. The number of pyridine rings is 2. The van der Waals surface area contributed by atoms with Crippen molar-refractivity contribution in [3.05, 3.63) is 145 Å². The molecule has 9 rings (SSSR count). The Kier molecular flexibility index (Phi) is 5.93. The van der Waals surface area contributed by atoms with E-state index in [1.54, 1.807) is 0 Å². The molecular formula is C41H30N4O. The van der Waals surface area contributed by atoms with Gasteiger partial charge in [0, 0.05) is 39.4 Å². The lowest BCUT2D eigenvalue weighted by molar-refractivity contribution is 0.484. The molecule has 0 saturated heterocycles. The van der Waals surface area contributed by atoms with Gasteiger partial charge in [-0.25, -0.2) is 9.97 Å². The molecule has 0 amide bonds. The molecule has 5 aromatic carbocycles. The van der Waals surface area contributed by atoms with Gasteiger partial charge in [-0.15, -0.1) is 0 Å². The van der Waals surface area contributed by atoms with Gasteiger partial charge >= 0.3 is 0 Å². The van der Waals surface area contributed by atoms with Gasteiger partial charge in [-0.2, -0.15) is 0 Å². The van der Waals surface area contributed by atoms with Crippen molar-refractivity contribution in [2.75, 3.05) is 0 Å². The number of benzene rings is 5. The second-order valence-corrected chi connectivity index (χ2v) is 12.1. The molecule has 0 unspecified atom stereocenters. The van der Waals surface area contributed by atoms with Crippen molar-refractivity contribution in [1.29, 1.82) is 0 Å². The van der Waals surface area contributed by atoms with Crippen molar-refractivity contribution in [2.24, 2.45) is 0 Å². The molecule has 4 aromatic heterocycles. The monoisotopic (exact) mass is 594 g/mol. The third-order valence-corrected chi connectivity index (χ3v) is 9.05. The number of fused-ring (bicyclic) bond motifs is 9. The number of rotatable bonds is 5. The molecule has 9 aromatic rings. The molecule has 0 fully saturated rings. The van der Waals surface area contributed by atoms with E-state index in [4.69, 9.17) is 9.72 Å². The SMILES string of the molecule is CC(C)c1ccccc1-c1cnc2c3cc(Oc4ccc5c6ccccc6n(-c6ccccn6)c5c4)ccc3c3ccccc3n12. The van der Waals surface area contributed by atoms with Gasteiger partial charge in [0.15, 0.2) is 0 Å². The molecule has 46 heavy (non-hydrogen) atoms. The Morgan fingerprint density at radius 2 is 1.24 bits per heavy atom. The summed E-state index contributed by atoms with van der Waals surface area (Å²) >= 11 is 0. The van der Waals surface area contributed by atoms with Crippen LogP contribution in [-0.2, 0) is 0 Å². The number of imidazole rings is 1. The first-order valence-electron chi connectivity index (χ1n) is 15.7. The lowest BCUT2D eigenvalue weighted by Gasteiger charge is -2.15. The first-order chi connectivity index (χ1) is 22.7. The number of aromatic nitrogens is 4. The summed E-state index contributed by atoms with van der Waals surface area (Å²) in [4.78, 5) is 9.70. The molecule has 0 radical (unpaired) electrons. The van der Waals surface area contributed by atoms with Gasteiger partial charge in [0.25, 0.3) is 0 Å². The Morgan fingerprint density at radius 3 is 2.04 bits per heavy atom. The Labute approximate surface area is 266 Å². The molecule has 5 nitrogen and oxygen atoms in total. The molecule has 0 aliphatic carbocycles. The molecule has 5 heteroatoms. The molecule has 220 valence electrons. The zero-order chi connectivity index (χ0) is 30.8. The van der Waals surface area contributed by atoms with Gasteiger partial charge in [0.05, 0.1) is 28.4 Å². The van der Waals surface area contributed by atoms with Crippen LogP contribution in [0.3, 0.4) is 0 Å². The number of hydrogen-bond donors (Lipinski definition) is 0. The minimum Gasteiger partial charge on any atom is -0.457 e. The van der Waals surface area contributed by atoms with E-state index in [0.717, 1.165) is 61.4 Å². The Bertz CT molecular complexity index is 2590. The maximum atomic E-state index is 6.61. The molecule has 0 saturated carbocycles. The molecule has 0 atom stereocenters. The molecule has 0 spiro atoms. The van der Waals surface area contributed by atoms with Gasteiger partial charge in [-0.1, -0.05) is 80.6 Å². The van der Waals surface area contributed by atoms with Crippen LogP contribution in [0.5, 0.6) is 11.5 Å². The first kappa shape index (κ1) is 26.5. The summed E-state index contributed by atoms with van der Waals surface area (Å²) in [6.07, 6.45) is 3.85. The average molecular weight is 595 g/mol. The highest BCUT2D eigenvalue weighted by molar-refractivity contribution is 6.13. The van der Waals surface area contributed by atoms with Gasteiger partial charge in [0.1, 0.15) is 23.0 Å². The van der Waals surface area contributed by atoms with Gasteiger partial charge in [-0.3, -0.25) is 8.97 Å². The smallest absolute Gasteiger partial charge is 0.145 e. The summed E-state index contributed by atoms with van der Waals surface area (Å²) in [6, 6.07) is 44.3. The van der Waals surface area contributed by atoms with E-state index >= 15 is 0 Å². The summed E-state index contributed by atoms with van der Waals surface area (Å²) in [5.41, 5.74) is 7.82. The van der Waals surface area contributed by atoms with Gasteiger partial charge < -0.3 is 4.74 Å². The van der Waals surface area contributed by atoms with Crippen LogP contribution in [-0.4, -0.2) is 18.9 Å². The van der Waals surface area contributed by atoms with Crippen LogP contribution in [0.25, 0.3) is 66.2 Å². The lowest BCUT2D eigenvalue weighted by atomic mass is 9.95. The van der Waals surface area contributed by atoms with Crippen LogP contribution in [0.4, 0.5) is 0 Å². The fourth-order valence-electron chi connectivity index (χ4n) is 7.00. The highest BCUT2D eigenvalue weighted by atomic mass is 16.5. The maximum Gasteiger partial charge on any atom is 0.145 e. The topological polar surface area (TPSA) is 44.3 Å². The largest absolute Gasteiger partial charge is 0.457 e. The third-order valence-electron chi connectivity index (χ3n) is 9.05. The van der Waals surface area contributed by atoms with Crippen LogP contribution in [0.2, 0.25) is 0 Å². The second kappa shape index (κ2) is 10.3. The van der Waals surface area contributed by atoms with E-state index in [-0.39, 0.29) is 0 Å². The molecule has 4 heterocycles. The van der Waals surface area contributed by atoms with E-state index in [1.165, 1.54) is 21.9 Å². The van der Waals surface area contributed by atoms with Crippen molar-refractivity contribution in [1.82, 2.24) is 18.9 Å². The normalized spacial score (nSPS) is 11.9. The van der Waals surface area contributed by atoms with E-state index < -0.39 is 0 Å². The lowest BCUT2D eigenvalue weighted by Crippen LogP contribution is -1.97. The highest BCUT2D eigenvalue weighted by Crippen LogP contribution is 2.39. The van der Waals surface area contributed by atoms with E-state index in [2.05, 4.69) is 131 Å². The van der Waals surface area contributed by atoms with Crippen LogP contribution < -0.4 is 4.74 Å². The Hall–Kier alpha value is -5.94. The molecule has 0 N–H and O–H groups in total. The Balaban J connectivity index is 1.22. The second-order valence-electron chi connectivity index (χ2n) is 12.1. The summed E-state index contributed by atoms with van der Waals surface area (Å²) in [5, 5.41) is 5.72.